The largest absolute Gasteiger partial charge is 0.478 e. The standard InChI is InChI=1S/C12H16FNO2/c1-4-8(2)14(3)11-6-5-9(12(15)16)7-10(11)13/h5-8H,4H2,1-3H3,(H,15,16). The number of carbonyl (C=O) groups is 1. The van der Waals surface area contributed by atoms with E-state index in [1.165, 1.54) is 12.1 Å². The van der Waals surface area contributed by atoms with Gasteiger partial charge in [0.1, 0.15) is 5.82 Å². The van der Waals surface area contributed by atoms with E-state index in [2.05, 4.69) is 0 Å². The van der Waals surface area contributed by atoms with Crippen LogP contribution >= 0.6 is 0 Å². The molecular weight excluding hydrogens is 209 g/mol. The quantitative estimate of drug-likeness (QED) is 0.856. The summed E-state index contributed by atoms with van der Waals surface area (Å²) in [6.07, 6.45) is 0.899. The van der Waals surface area contributed by atoms with Crippen molar-refractivity contribution in [3.05, 3.63) is 29.6 Å². The molecule has 0 saturated carbocycles. The van der Waals surface area contributed by atoms with Crippen molar-refractivity contribution in [3.63, 3.8) is 0 Å². The molecule has 0 aromatic heterocycles. The van der Waals surface area contributed by atoms with Crippen molar-refractivity contribution in [2.75, 3.05) is 11.9 Å². The molecular formula is C12H16FNO2. The molecule has 16 heavy (non-hydrogen) atoms. The molecule has 0 heterocycles. The highest BCUT2D eigenvalue weighted by Gasteiger charge is 2.14. The Hall–Kier alpha value is -1.58. The molecule has 88 valence electrons. The highest BCUT2D eigenvalue weighted by Crippen LogP contribution is 2.22. The second kappa shape index (κ2) is 4.96. The molecule has 1 atom stereocenters. The van der Waals surface area contributed by atoms with E-state index in [1.54, 1.807) is 11.9 Å². The third-order valence-corrected chi connectivity index (χ3v) is 2.83. The van der Waals surface area contributed by atoms with Crippen LogP contribution in [0.1, 0.15) is 30.6 Å². The molecule has 0 aliphatic carbocycles. The predicted octanol–water partition coefficient (Wildman–Crippen LogP) is 2.76. The molecule has 0 aliphatic rings. The van der Waals surface area contributed by atoms with Crippen LogP contribution in [0.2, 0.25) is 0 Å². The number of hydrogen-bond donors (Lipinski definition) is 1. The third-order valence-electron chi connectivity index (χ3n) is 2.83. The molecule has 1 rings (SSSR count). The number of hydrogen-bond acceptors (Lipinski definition) is 2. The molecule has 1 unspecified atom stereocenters. The fraction of sp³-hybridized carbons (Fsp3) is 0.417. The maximum atomic E-state index is 13.7. The third kappa shape index (κ3) is 2.51. The normalized spacial score (nSPS) is 12.2. The van der Waals surface area contributed by atoms with Crippen LogP contribution in [-0.2, 0) is 0 Å². The van der Waals surface area contributed by atoms with E-state index in [0.717, 1.165) is 12.5 Å². The van der Waals surface area contributed by atoms with Crippen LogP contribution in [0.4, 0.5) is 10.1 Å². The molecule has 0 saturated heterocycles. The molecule has 0 aliphatic heterocycles. The van der Waals surface area contributed by atoms with Crippen LogP contribution in [-0.4, -0.2) is 24.2 Å². The van der Waals surface area contributed by atoms with E-state index in [-0.39, 0.29) is 11.6 Å². The molecule has 4 heteroatoms. The molecule has 3 nitrogen and oxygen atoms in total. The van der Waals surface area contributed by atoms with Gasteiger partial charge in [-0.3, -0.25) is 0 Å². The first-order valence-corrected chi connectivity index (χ1v) is 5.23. The zero-order chi connectivity index (χ0) is 12.3. The SMILES string of the molecule is CCC(C)N(C)c1ccc(C(=O)O)cc1F. The van der Waals surface area contributed by atoms with Crippen LogP contribution < -0.4 is 4.90 Å². The number of benzene rings is 1. The number of carboxylic acid groups (broad SMARTS) is 1. The van der Waals surface area contributed by atoms with Gasteiger partial charge >= 0.3 is 5.97 Å². The minimum Gasteiger partial charge on any atom is -0.478 e. The van der Waals surface area contributed by atoms with E-state index in [1.807, 2.05) is 13.8 Å². The maximum Gasteiger partial charge on any atom is 0.335 e. The van der Waals surface area contributed by atoms with E-state index in [0.29, 0.717) is 5.69 Å². The lowest BCUT2D eigenvalue weighted by molar-refractivity contribution is 0.0696. The lowest BCUT2D eigenvalue weighted by Crippen LogP contribution is -2.28. The van der Waals surface area contributed by atoms with Gasteiger partial charge in [-0.2, -0.15) is 0 Å². The number of halogens is 1. The van der Waals surface area contributed by atoms with Crippen LogP contribution in [0, 0.1) is 5.82 Å². The van der Waals surface area contributed by atoms with E-state index >= 15 is 0 Å². The number of rotatable bonds is 4. The van der Waals surface area contributed by atoms with Gasteiger partial charge in [0.15, 0.2) is 0 Å². The summed E-state index contributed by atoms with van der Waals surface area (Å²) < 4.78 is 13.7. The monoisotopic (exact) mass is 225 g/mol. The predicted molar refractivity (Wildman–Crippen MR) is 61.5 cm³/mol. The van der Waals surface area contributed by atoms with Crippen molar-refractivity contribution < 1.29 is 14.3 Å². The Labute approximate surface area is 94.5 Å². The van der Waals surface area contributed by atoms with Gasteiger partial charge in [-0.15, -0.1) is 0 Å². The summed E-state index contributed by atoms with van der Waals surface area (Å²) in [7, 11) is 1.80. The average molecular weight is 225 g/mol. The van der Waals surface area contributed by atoms with Gasteiger partial charge in [-0.1, -0.05) is 6.92 Å². The lowest BCUT2D eigenvalue weighted by atomic mass is 10.1. The highest BCUT2D eigenvalue weighted by atomic mass is 19.1. The molecule has 1 aromatic carbocycles. The number of anilines is 1. The van der Waals surface area contributed by atoms with E-state index < -0.39 is 11.8 Å². The summed E-state index contributed by atoms with van der Waals surface area (Å²) in [4.78, 5) is 12.5. The Balaban J connectivity index is 3.03. The summed E-state index contributed by atoms with van der Waals surface area (Å²) in [6, 6.07) is 4.19. The average Bonchev–Trinajstić information content (AvgIpc) is 2.26. The first-order chi connectivity index (χ1) is 7.47. The molecule has 0 bridgehead atoms. The minimum absolute atomic E-state index is 0.0289. The summed E-state index contributed by atoms with van der Waals surface area (Å²) in [5, 5.41) is 8.71. The fourth-order valence-corrected chi connectivity index (χ4v) is 1.44. The van der Waals surface area contributed by atoms with E-state index in [9.17, 15) is 9.18 Å². The Morgan fingerprint density at radius 2 is 2.19 bits per heavy atom. The van der Waals surface area contributed by atoms with Gasteiger partial charge in [0.25, 0.3) is 0 Å². The minimum atomic E-state index is -1.11. The topological polar surface area (TPSA) is 40.5 Å². The second-order valence-electron chi connectivity index (χ2n) is 3.84. The van der Waals surface area contributed by atoms with Crippen molar-refractivity contribution >= 4 is 11.7 Å². The van der Waals surface area contributed by atoms with Crippen LogP contribution in [0.3, 0.4) is 0 Å². The Bertz CT molecular complexity index is 393. The summed E-state index contributed by atoms with van der Waals surface area (Å²) in [5.41, 5.74) is 0.401. The highest BCUT2D eigenvalue weighted by molar-refractivity contribution is 5.88. The van der Waals surface area contributed by atoms with Gasteiger partial charge in [-0.25, -0.2) is 9.18 Å². The second-order valence-corrected chi connectivity index (χ2v) is 3.84. The van der Waals surface area contributed by atoms with Gasteiger partial charge in [0, 0.05) is 13.1 Å². The van der Waals surface area contributed by atoms with Crippen molar-refractivity contribution in [1.29, 1.82) is 0 Å². The van der Waals surface area contributed by atoms with Crippen LogP contribution in [0.5, 0.6) is 0 Å². The van der Waals surface area contributed by atoms with Crippen molar-refractivity contribution in [3.8, 4) is 0 Å². The molecule has 0 radical (unpaired) electrons. The van der Waals surface area contributed by atoms with Crippen molar-refractivity contribution in [2.24, 2.45) is 0 Å². The molecule has 0 fully saturated rings. The van der Waals surface area contributed by atoms with Gasteiger partial charge in [0.2, 0.25) is 0 Å². The summed E-state index contributed by atoms with van der Waals surface area (Å²) >= 11 is 0. The molecule has 1 aromatic rings. The number of aromatic carboxylic acids is 1. The van der Waals surface area contributed by atoms with Crippen molar-refractivity contribution in [2.45, 2.75) is 26.3 Å². The molecule has 1 N–H and O–H groups in total. The zero-order valence-electron chi connectivity index (χ0n) is 9.70. The van der Waals surface area contributed by atoms with Gasteiger partial charge in [0.05, 0.1) is 11.3 Å². The van der Waals surface area contributed by atoms with Gasteiger partial charge < -0.3 is 10.0 Å². The molecule has 0 spiro atoms. The summed E-state index contributed by atoms with van der Waals surface area (Å²) in [5.74, 6) is -1.61. The Morgan fingerprint density at radius 3 is 2.62 bits per heavy atom. The first-order valence-electron chi connectivity index (χ1n) is 5.23. The zero-order valence-corrected chi connectivity index (χ0v) is 9.70. The number of carboxylic acids is 1. The number of nitrogens with zero attached hydrogens (tertiary/aromatic N) is 1. The lowest BCUT2D eigenvalue weighted by Gasteiger charge is -2.26. The smallest absolute Gasteiger partial charge is 0.335 e. The first kappa shape index (κ1) is 12.5. The maximum absolute atomic E-state index is 13.7. The van der Waals surface area contributed by atoms with Crippen LogP contribution in [0.25, 0.3) is 0 Å². The Kier molecular flexibility index (Phi) is 3.88. The van der Waals surface area contributed by atoms with Gasteiger partial charge in [-0.05, 0) is 31.5 Å². The fourth-order valence-electron chi connectivity index (χ4n) is 1.44. The van der Waals surface area contributed by atoms with E-state index in [4.69, 9.17) is 5.11 Å². The molecule has 0 amide bonds. The Morgan fingerprint density at radius 1 is 1.56 bits per heavy atom. The van der Waals surface area contributed by atoms with Crippen LogP contribution in [0.15, 0.2) is 18.2 Å². The summed E-state index contributed by atoms with van der Waals surface area (Å²) in [6.45, 7) is 4.01. The van der Waals surface area contributed by atoms with Crippen molar-refractivity contribution in [1.82, 2.24) is 0 Å².